The van der Waals surface area contributed by atoms with Gasteiger partial charge in [-0.05, 0) is 62.4 Å². The van der Waals surface area contributed by atoms with Gasteiger partial charge in [0.05, 0.1) is 0 Å². The van der Waals surface area contributed by atoms with Crippen LogP contribution in [-0.4, -0.2) is 28.9 Å². The molecule has 2 heterocycles. The highest BCUT2D eigenvalue weighted by atomic mass is 16.5. The number of aromatic nitrogens is 1. The lowest BCUT2D eigenvalue weighted by molar-refractivity contribution is -0.137. The third kappa shape index (κ3) is 3.62. The number of pyridine rings is 1. The summed E-state index contributed by atoms with van der Waals surface area (Å²) in [4.78, 5) is 30.7. The molecule has 1 atom stereocenters. The van der Waals surface area contributed by atoms with Gasteiger partial charge in [0.15, 0.2) is 6.10 Å². The SMILES string of the molecule is Cc1c(OC(C)C(=O)N(C)Cc2cccnc2)ccc2c3c(c(=O)oc12)CCC3. The Morgan fingerprint density at radius 1 is 1.28 bits per heavy atom. The molecule has 0 bridgehead atoms. The fraction of sp³-hybridized carbons (Fsp3) is 0.348. The minimum atomic E-state index is -0.672. The molecule has 29 heavy (non-hydrogen) atoms. The average Bonchev–Trinajstić information content (AvgIpc) is 3.21. The second-order valence-electron chi connectivity index (χ2n) is 7.58. The van der Waals surface area contributed by atoms with Crippen LogP contribution >= 0.6 is 0 Å². The first-order chi connectivity index (χ1) is 14.0. The van der Waals surface area contributed by atoms with E-state index in [2.05, 4.69) is 4.98 Å². The molecule has 0 spiro atoms. The Labute approximate surface area is 169 Å². The molecular weight excluding hydrogens is 368 g/mol. The van der Waals surface area contributed by atoms with Crippen molar-refractivity contribution < 1.29 is 13.9 Å². The van der Waals surface area contributed by atoms with E-state index in [0.29, 0.717) is 17.9 Å². The van der Waals surface area contributed by atoms with E-state index in [4.69, 9.17) is 9.15 Å². The number of fused-ring (bicyclic) bond motifs is 3. The second kappa shape index (κ2) is 7.70. The van der Waals surface area contributed by atoms with Crippen molar-refractivity contribution in [2.24, 2.45) is 0 Å². The van der Waals surface area contributed by atoms with Crippen LogP contribution in [0.25, 0.3) is 11.0 Å². The van der Waals surface area contributed by atoms with Gasteiger partial charge in [-0.1, -0.05) is 6.07 Å². The maximum Gasteiger partial charge on any atom is 0.339 e. The Bertz CT molecular complexity index is 1120. The molecule has 0 saturated heterocycles. The van der Waals surface area contributed by atoms with Crippen LogP contribution < -0.4 is 10.4 Å². The third-order valence-electron chi connectivity index (χ3n) is 5.51. The summed E-state index contributed by atoms with van der Waals surface area (Å²) in [7, 11) is 1.74. The topological polar surface area (TPSA) is 72.6 Å². The molecule has 1 aromatic carbocycles. The maximum atomic E-state index is 12.7. The van der Waals surface area contributed by atoms with E-state index in [1.807, 2.05) is 31.2 Å². The number of nitrogens with zero attached hydrogens (tertiary/aromatic N) is 2. The number of likely N-dealkylation sites (N-methyl/N-ethyl adjacent to an activating group) is 1. The normalized spacial score (nSPS) is 13.9. The van der Waals surface area contributed by atoms with Crippen molar-refractivity contribution in [2.45, 2.75) is 45.8 Å². The summed E-state index contributed by atoms with van der Waals surface area (Å²) in [6.07, 6.45) is 5.42. The Morgan fingerprint density at radius 3 is 2.83 bits per heavy atom. The lowest BCUT2D eigenvalue weighted by atomic mass is 10.0. The monoisotopic (exact) mass is 392 g/mol. The molecule has 3 aromatic rings. The maximum absolute atomic E-state index is 12.7. The average molecular weight is 392 g/mol. The van der Waals surface area contributed by atoms with Crippen LogP contribution in [0.5, 0.6) is 5.75 Å². The summed E-state index contributed by atoms with van der Waals surface area (Å²) in [6, 6.07) is 7.56. The van der Waals surface area contributed by atoms with Gasteiger partial charge in [-0.25, -0.2) is 4.79 Å². The van der Waals surface area contributed by atoms with Gasteiger partial charge < -0.3 is 14.1 Å². The molecule has 1 amide bonds. The molecule has 1 unspecified atom stereocenters. The predicted octanol–water partition coefficient (Wildman–Crippen LogP) is 3.41. The van der Waals surface area contributed by atoms with Gasteiger partial charge in [0.1, 0.15) is 11.3 Å². The number of aryl methyl sites for hydroxylation is 2. The minimum Gasteiger partial charge on any atom is -0.480 e. The van der Waals surface area contributed by atoms with E-state index < -0.39 is 6.10 Å². The van der Waals surface area contributed by atoms with Gasteiger partial charge in [0, 0.05) is 42.5 Å². The summed E-state index contributed by atoms with van der Waals surface area (Å²) in [6.45, 7) is 4.04. The van der Waals surface area contributed by atoms with Crippen LogP contribution in [0, 0.1) is 6.92 Å². The number of amides is 1. The predicted molar refractivity (Wildman–Crippen MR) is 110 cm³/mol. The second-order valence-corrected chi connectivity index (χ2v) is 7.58. The van der Waals surface area contributed by atoms with Gasteiger partial charge in [-0.3, -0.25) is 9.78 Å². The van der Waals surface area contributed by atoms with Crippen molar-refractivity contribution >= 4 is 16.9 Å². The van der Waals surface area contributed by atoms with E-state index in [1.54, 1.807) is 31.3 Å². The van der Waals surface area contributed by atoms with Crippen molar-refractivity contribution in [2.75, 3.05) is 7.05 Å². The summed E-state index contributed by atoms with van der Waals surface area (Å²) in [5.74, 6) is 0.415. The largest absolute Gasteiger partial charge is 0.480 e. The summed E-state index contributed by atoms with van der Waals surface area (Å²) in [5, 5.41) is 0.967. The standard InChI is InChI=1S/C23H24N2O4/c1-14-20(10-9-18-17-7-4-8-19(17)23(27)29-21(14)18)28-15(2)22(26)25(3)13-16-6-5-11-24-12-16/h5-6,9-12,15H,4,7-8,13H2,1-3H3. The van der Waals surface area contributed by atoms with Crippen LogP contribution in [-0.2, 0) is 24.2 Å². The molecule has 0 fully saturated rings. The fourth-order valence-corrected chi connectivity index (χ4v) is 3.99. The highest BCUT2D eigenvalue weighted by Gasteiger charge is 2.24. The molecule has 4 rings (SSSR count). The van der Waals surface area contributed by atoms with E-state index in [0.717, 1.165) is 46.9 Å². The van der Waals surface area contributed by atoms with Crippen LogP contribution in [0.2, 0.25) is 0 Å². The third-order valence-corrected chi connectivity index (χ3v) is 5.51. The van der Waals surface area contributed by atoms with E-state index in [-0.39, 0.29) is 11.5 Å². The fourth-order valence-electron chi connectivity index (χ4n) is 3.99. The molecule has 1 aliphatic rings. The molecule has 0 saturated carbocycles. The van der Waals surface area contributed by atoms with Crippen LogP contribution in [0.4, 0.5) is 0 Å². The van der Waals surface area contributed by atoms with Gasteiger partial charge in [0.2, 0.25) is 0 Å². The first-order valence-electron chi connectivity index (χ1n) is 9.84. The van der Waals surface area contributed by atoms with Crippen molar-refractivity contribution in [3.05, 3.63) is 69.3 Å². The van der Waals surface area contributed by atoms with Crippen LogP contribution in [0.1, 0.15) is 35.6 Å². The molecule has 0 N–H and O–H groups in total. The molecule has 2 aromatic heterocycles. The number of ether oxygens (including phenoxy) is 1. The first-order valence-corrected chi connectivity index (χ1v) is 9.84. The minimum absolute atomic E-state index is 0.135. The highest BCUT2D eigenvalue weighted by Crippen LogP contribution is 2.33. The van der Waals surface area contributed by atoms with E-state index in [1.165, 1.54) is 0 Å². The summed E-state index contributed by atoms with van der Waals surface area (Å²) in [5.41, 5.74) is 3.87. The lowest BCUT2D eigenvalue weighted by Crippen LogP contribution is -2.37. The summed E-state index contributed by atoms with van der Waals surface area (Å²) >= 11 is 0. The number of hydrogen-bond acceptors (Lipinski definition) is 5. The van der Waals surface area contributed by atoms with Gasteiger partial charge in [0.25, 0.3) is 5.91 Å². The van der Waals surface area contributed by atoms with E-state index >= 15 is 0 Å². The molecule has 150 valence electrons. The van der Waals surface area contributed by atoms with E-state index in [9.17, 15) is 9.59 Å². The Kier molecular flexibility index (Phi) is 5.09. The number of carbonyl (C=O) groups excluding carboxylic acids is 1. The zero-order valence-corrected chi connectivity index (χ0v) is 16.9. The number of hydrogen-bond donors (Lipinski definition) is 0. The lowest BCUT2D eigenvalue weighted by Gasteiger charge is -2.23. The first kappa shape index (κ1) is 19.2. The molecular formula is C23H24N2O4. The van der Waals surface area contributed by atoms with Gasteiger partial charge in [-0.15, -0.1) is 0 Å². The molecule has 0 radical (unpaired) electrons. The smallest absolute Gasteiger partial charge is 0.339 e. The highest BCUT2D eigenvalue weighted by molar-refractivity contribution is 5.86. The number of benzene rings is 1. The number of rotatable bonds is 5. The van der Waals surface area contributed by atoms with Crippen molar-refractivity contribution in [1.82, 2.24) is 9.88 Å². The molecule has 6 nitrogen and oxygen atoms in total. The zero-order valence-electron chi connectivity index (χ0n) is 16.9. The molecule has 6 heteroatoms. The van der Waals surface area contributed by atoms with Crippen LogP contribution in [0.3, 0.4) is 0 Å². The quantitative estimate of drug-likeness (QED) is 0.622. The molecule has 1 aliphatic carbocycles. The Morgan fingerprint density at radius 2 is 2.07 bits per heavy atom. The van der Waals surface area contributed by atoms with Gasteiger partial charge in [-0.2, -0.15) is 0 Å². The van der Waals surface area contributed by atoms with Gasteiger partial charge >= 0.3 is 5.63 Å². The molecule has 0 aliphatic heterocycles. The Balaban J connectivity index is 1.56. The number of carbonyl (C=O) groups is 1. The van der Waals surface area contributed by atoms with Crippen LogP contribution in [0.15, 0.2) is 45.9 Å². The summed E-state index contributed by atoms with van der Waals surface area (Å²) < 4.78 is 11.6. The van der Waals surface area contributed by atoms with Crippen molar-refractivity contribution in [1.29, 1.82) is 0 Å². The Hall–Kier alpha value is -3.15. The van der Waals surface area contributed by atoms with Crippen molar-refractivity contribution in [3.63, 3.8) is 0 Å². The van der Waals surface area contributed by atoms with Crippen molar-refractivity contribution in [3.8, 4) is 5.75 Å². The zero-order chi connectivity index (χ0) is 20.5.